The van der Waals surface area contributed by atoms with Crippen LogP contribution in [0.5, 0.6) is 0 Å². The Kier molecular flexibility index (Phi) is 4.87. The lowest BCUT2D eigenvalue weighted by Crippen LogP contribution is -2.20. The fourth-order valence-electron chi connectivity index (χ4n) is 2.56. The first-order chi connectivity index (χ1) is 11.6. The third-order valence-electron chi connectivity index (χ3n) is 3.99. The van der Waals surface area contributed by atoms with Gasteiger partial charge in [-0.25, -0.2) is 0 Å². The fraction of sp³-hybridized carbons (Fsp3) is 0.278. The van der Waals surface area contributed by atoms with Gasteiger partial charge in [-0.05, 0) is 26.0 Å². The van der Waals surface area contributed by atoms with E-state index in [0.717, 1.165) is 21.5 Å². The second-order valence-corrected chi connectivity index (χ2v) is 6.64. The van der Waals surface area contributed by atoms with Crippen LogP contribution in [0.15, 0.2) is 41.5 Å². The molecule has 2 heterocycles. The number of ether oxygens (including phenoxy) is 1. The first kappa shape index (κ1) is 16.5. The summed E-state index contributed by atoms with van der Waals surface area (Å²) in [6.45, 7) is 5.33. The van der Waals surface area contributed by atoms with Gasteiger partial charge >= 0.3 is 0 Å². The molecule has 0 N–H and O–H groups in total. The Morgan fingerprint density at radius 1 is 1.29 bits per heavy atom. The number of carbonyl (C=O) groups is 1. The van der Waals surface area contributed by atoms with Crippen LogP contribution in [0.4, 0.5) is 0 Å². The highest BCUT2D eigenvalue weighted by atomic mass is 32.1. The number of aromatic nitrogens is 2. The molecule has 0 saturated heterocycles. The van der Waals surface area contributed by atoms with Gasteiger partial charge in [-0.15, -0.1) is 11.3 Å². The Bertz CT molecular complexity index is 951. The predicted molar refractivity (Wildman–Crippen MR) is 95.3 cm³/mol. The maximum atomic E-state index is 12.7. The number of nitrogens with zero attached hydrogens (tertiary/aromatic N) is 3. The van der Waals surface area contributed by atoms with Crippen molar-refractivity contribution in [1.29, 1.82) is 0 Å². The van der Waals surface area contributed by atoms with Crippen LogP contribution in [-0.2, 0) is 11.3 Å². The number of carbonyl (C=O) groups excluding carboxylic acids is 1. The first-order valence-electron chi connectivity index (χ1n) is 7.70. The molecule has 2 aromatic heterocycles. The Labute approximate surface area is 144 Å². The summed E-state index contributed by atoms with van der Waals surface area (Å²) >= 11 is 1.52. The summed E-state index contributed by atoms with van der Waals surface area (Å²) in [6.07, 6.45) is 1.65. The lowest BCUT2D eigenvalue weighted by Gasteiger charge is -2.05. The van der Waals surface area contributed by atoms with E-state index in [9.17, 15) is 4.79 Å². The number of aryl methyl sites for hydroxylation is 1. The molecule has 0 atom stereocenters. The molecular formula is C18H19N3O2S. The molecule has 6 heteroatoms. The minimum atomic E-state index is -0.249. The number of amides is 1. The van der Waals surface area contributed by atoms with Gasteiger partial charge in [0.2, 0.25) is 0 Å². The van der Waals surface area contributed by atoms with Crippen molar-refractivity contribution in [2.75, 3.05) is 13.7 Å². The van der Waals surface area contributed by atoms with Crippen LogP contribution in [-0.4, -0.2) is 29.2 Å². The zero-order chi connectivity index (χ0) is 17.1. The zero-order valence-electron chi connectivity index (χ0n) is 13.9. The molecule has 0 spiro atoms. The van der Waals surface area contributed by atoms with Gasteiger partial charge in [0.25, 0.3) is 5.91 Å². The van der Waals surface area contributed by atoms with E-state index in [1.54, 1.807) is 19.4 Å². The summed E-state index contributed by atoms with van der Waals surface area (Å²) in [7, 11) is 1.67. The predicted octanol–water partition coefficient (Wildman–Crippen LogP) is 3.10. The lowest BCUT2D eigenvalue weighted by atomic mass is 10.1. The van der Waals surface area contributed by atoms with Crippen molar-refractivity contribution < 1.29 is 9.53 Å². The molecule has 0 radical (unpaired) electrons. The molecule has 124 valence electrons. The summed E-state index contributed by atoms with van der Waals surface area (Å²) in [5, 5.41) is 0.821. The summed E-state index contributed by atoms with van der Waals surface area (Å²) in [5.41, 5.74) is 2.48. The van der Waals surface area contributed by atoms with Crippen molar-refractivity contribution >= 4 is 28.1 Å². The van der Waals surface area contributed by atoms with Gasteiger partial charge in [0, 0.05) is 35.8 Å². The molecule has 5 nitrogen and oxygen atoms in total. The average Bonchev–Trinajstić information content (AvgIpc) is 2.86. The highest BCUT2D eigenvalue weighted by Crippen LogP contribution is 2.17. The van der Waals surface area contributed by atoms with Gasteiger partial charge in [-0.1, -0.05) is 18.2 Å². The van der Waals surface area contributed by atoms with Gasteiger partial charge in [0.05, 0.1) is 17.7 Å². The van der Waals surface area contributed by atoms with E-state index in [1.807, 2.05) is 42.7 Å². The fourth-order valence-corrected chi connectivity index (χ4v) is 3.56. The zero-order valence-corrected chi connectivity index (χ0v) is 14.8. The van der Waals surface area contributed by atoms with Crippen molar-refractivity contribution in [2.45, 2.75) is 20.4 Å². The third-order valence-corrected chi connectivity index (χ3v) is 5.08. The third kappa shape index (κ3) is 3.16. The Hall–Kier alpha value is -2.31. The van der Waals surface area contributed by atoms with Gasteiger partial charge < -0.3 is 9.30 Å². The van der Waals surface area contributed by atoms with E-state index in [0.29, 0.717) is 23.5 Å². The molecule has 0 aliphatic carbocycles. The van der Waals surface area contributed by atoms with Crippen LogP contribution in [0.25, 0.3) is 10.9 Å². The molecule has 24 heavy (non-hydrogen) atoms. The van der Waals surface area contributed by atoms with Crippen LogP contribution in [0.3, 0.4) is 0 Å². The van der Waals surface area contributed by atoms with Crippen LogP contribution < -0.4 is 4.80 Å². The van der Waals surface area contributed by atoms with E-state index < -0.39 is 0 Å². The first-order valence-corrected chi connectivity index (χ1v) is 8.52. The maximum absolute atomic E-state index is 12.7. The van der Waals surface area contributed by atoms with Crippen molar-refractivity contribution in [2.24, 2.45) is 4.99 Å². The largest absolute Gasteiger partial charge is 0.383 e. The smallest absolute Gasteiger partial charge is 0.280 e. The second kappa shape index (κ2) is 7.07. The number of hydrogen-bond acceptors (Lipinski definition) is 4. The van der Waals surface area contributed by atoms with Crippen LogP contribution >= 0.6 is 11.3 Å². The number of thiazole rings is 1. The van der Waals surface area contributed by atoms with Crippen LogP contribution in [0, 0.1) is 13.8 Å². The second-order valence-electron chi connectivity index (χ2n) is 5.46. The molecule has 0 aliphatic rings. The summed E-state index contributed by atoms with van der Waals surface area (Å²) in [6, 6.07) is 9.32. The molecule has 0 saturated carbocycles. The van der Waals surface area contributed by atoms with E-state index in [4.69, 9.17) is 4.74 Å². The Balaban J connectivity index is 2.08. The standard InChI is InChI=1S/C18H19N3O2S/c1-12-13(2)24-18(21(12)10-11-23-3)20-17(22)15-8-9-19-16-7-5-4-6-14(15)16/h4-9H,10-11H2,1-3H3/b20-18-. The molecule has 0 bridgehead atoms. The minimum absolute atomic E-state index is 0.249. The van der Waals surface area contributed by atoms with Gasteiger partial charge in [-0.2, -0.15) is 4.99 Å². The summed E-state index contributed by atoms with van der Waals surface area (Å²) in [5.74, 6) is -0.249. The topological polar surface area (TPSA) is 56.5 Å². The van der Waals surface area contributed by atoms with Crippen molar-refractivity contribution in [3.8, 4) is 0 Å². The Morgan fingerprint density at radius 2 is 2.08 bits per heavy atom. The maximum Gasteiger partial charge on any atom is 0.280 e. The van der Waals surface area contributed by atoms with E-state index >= 15 is 0 Å². The lowest BCUT2D eigenvalue weighted by molar-refractivity contribution is 0.0998. The quantitative estimate of drug-likeness (QED) is 0.733. The molecule has 1 aromatic carbocycles. The molecule has 3 aromatic rings. The Morgan fingerprint density at radius 3 is 2.88 bits per heavy atom. The number of pyridine rings is 1. The number of benzene rings is 1. The highest BCUT2D eigenvalue weighted by molar-refractivity contribution is 7.09. The molecule has 1 amide bonds. The number of para-hydroxylation sites is 1. The van der Waals surface area contributed by atoms with E-state index in [2.05, 4.69) is 9.98 Å². The van der Waals surface area contributed by atoms with E-state index in [1.165, 1.54) is 11.3 Å². The number of rotatable bonds is 4. The van der Waals surface area contributed by atoms with Gasteiger partial charge in [0.1, 0.15) is 0 Å². The monoisotopic (exact) mass is 341 g/mol. The number of hydrogen-bond donors (Lipinski definition) is 0. The van der Waals surface area contributed by atoms with Gasteiger partial charge in [-0.3, -0.25) is 9.78 Å². The summed E-state index contributed by atoms with van der Waals surface area (Å²) in [4.78, 5) is 23.3. The minimum Gasteiger partial charge on any atom is -0.383 e. The van der Waals surface area contributed by atoms with Crippen LogP contribution in [0.2, 0.25) is 0 Å². The molecule has 0 unspecified atom stereocenters. The highest BCUT2D eigenvalue weighted by Gasteiger charge is 2.12. The molecule has 3 rings (SSSR count). The number of fused-ring (bicyclic) bond motifs is 1. The van der Waals surface area contributed by atoms with Crippen molar-refractivity contribution in [3.05, 3.63) is 57.5 Å². The summed E-state index contributed by atoms with van der Waals surface area (Å²) < 4.78 is 7.19. The van der Waals surface area contributed by atoms with Crippen molar-refractivity contribution in [1.82, 2.24) is 9.55 Å². The molecule has 0 fully saturated rings. The molecule has 0 aliphatic heterocycles. The average molecular weight is 341 g/mol. The normalized spacial score (nSPS) is 12.0. The van der Waals surface area contributed by atoms with Gasteiger partial charge in [0.15, 0.2) is 4.80 Å². The molecular weight excluding hydrogens is 322 g/mol. The SMILES string of the molecule is COCCn1c(C)c(C)s/c1=N\C(=O)c1ccnc2ccccc12. The van der Waals surface area contributed by atoms with E-state index in [-0.39, 0.29) is 5.91 Å². The van der Waals surface area contributed by atoms with Crippen molar-refractivity contribution in [3.63, 3.8) is 0 Å². The van der Waals surface area contributed by atoms with Crippen LogP contribution in [0.1, 0.15) is 20.9 Å². The number of methoxy groups -OCH3 is 1.